The molecule has 0 radical (unpaired) electrons. The lowest BCUT2D eigenvalue weighted by atomic mass is 10.00. The van der Waals surface area contributed by atoms with Crippen LogP contribution in [-0.2, 0) is 5.67 Å². The highest BCUT2D eigenvalue weighted by Crippen LogP contribution is 2.36. The summed E-state index contributed by atoms with van der Waals surface area (Å²) in [5.41, 5.74) is -0.199. The molecule has 25 heavy (non-hydrogen) atoms. The van der Waals surface area contributed by atoms with E-state index in [0.717, 1.165) is 0 Å². The van der Waals surface area contributed by atoms with Gasteiger partial charge in [-0.1, -0.05) is 23.2 Å². The summed E-state index contributed by atoms with van der Waals surface area (Å²) in [6, 6.07) is 3.02. The minimum atomic E-state index is -1.57. The minimum absolute atomic E-state index is 0.0293. The van der Waals surface area contributed by atoms with Gasteiger partial charge in [0, 0.05) is 17.1 Å². The van der Waals surface area contributed by atoms with Gasteiger partial charge in [-0.3, -0.25) is 0 Å². The number of aromatic nitrogens is 3. The predicted molar refractivity (Wildman–Crippen MR) is 95.8 cm³/mol. The van der Waals surface area contributed by atoms with Gasteiger partial charge in [0.25, 0.3) is 0 Å². The molecule has 1 aromatic carbocycles. The standard InChI is InChI=1S/C16H12Cl2FN3O2S/c1-16(2,19)9-3-10(17)13(11(18)4-9)22-6-8(5-20-22)14-21-12(7-25-14)15(23)24/h3-7H,1-2H3,(H,23,24). The van der Waals surface area contributed by atoms with Crippen molar-refractivity contribution in [2.45, 2.75) is 19.5 Å². The summed E-state index contributed by atoms with van der Waals surface area (Å²) in [5, 5.41) is 15.6. The molecule has 0 atom stereocenters. The molecule has 0 aliphatic rings. The Kier molecular flexibility index (Phi) is 4.57. The first-order valence-electron chi connectivity index (χ1n) is 7.09. The number of rotatable bonds is 4. The van der Waals surface area contributed by atoms with Gasteiger partial charge in [0.05, 0.1) is 16.2 Å². The number of benzene rings is 1. The molecule has 0 amide bonds. The summed E-state index contributed by atoms with van der Waals surface area (Å²) >= 11 is 13.7. The highest BCUT2D eigenvalue weighted by Gasteiger charge is 2.23. The van der Waals surface area contributed by atoms with Crippen LogP contribution in [-0.4, -0.2) is 25.8 Å². The smallest absolute Gasteiger partial charge is 0.355 e. The Balaban J connectivity index is 2.01. The monoisotopic (exact) mass is 399 g/mol. The minimum Gasteiger partial charge on any atom is -0.476 e. The predicted octanol–water partition coefficient (Wildman–Crippen LogP) is 5.21. The van der Waals surface area contributed by atoms with Gasteiger partial charge in [-0.15, -0.1) is 11.3 Å². The van der Waals surface area contributed by atoms with Crippen LogP contribution in [0, 0.1) is 0 Å². The Morgan fingerprint density at radius 1 is 1.32 bits per heavy atom. The number of aromatic carboxylic acids is 1. The number of thiazole rings is 1. The van der Waals surface area contributed by atoms with Crippen LogP contribution < -0.4 is 0 Å². The van der Waals surface area contributed by atoms with Gasteiger partial charge < -0.3 is 5.11 Å². The Hall–Kier alpha value is -1.96. The van der Waals surface area contributed by atoms with E-state index in [-0.39, 0.29) is 15.7 Å². The number of alkyl halides is 1. The topological polar surface area (TPSA) is 68.0 Å². The second-order valence-corrected chi connectivity index (χ2v) is 7.45. The third-order valence-corrected chi connectivity index (χ3v) is 4.95. The molecule has 0 saturated carbocycles. The lowest BCUT2D eigenvalue weighted by Crippen LogP contribution is -2.10. The second-order valence-electron chi connectivity index (χ2n) is 5.78. The van der Waals surface area contributed by atoms with Crippen molar-refractivity contribution in [1.29, 1.82) is 0 Å². The molecule has 0 saturated heterocycles. The summed E-state index contributed by atoms with van der Waals surface area (Å²) in [6.07, 6.45) is 3.17. The number of hydrogen-bond donors (Lipinski definition) is 1. The molecule has 3 rings (SSSR count). The molecule has 2 heterocycles. The summed E-state index contributed by atoms with van der Waals surface area (Å²) in [4.78, 5) is 15.0. The third kappa shape index (κ3) is 3.53. The molecule has 0 aliphatic heterocycles. The summed E-state index contributed by atoms with van der Waals surface area (Å²) < 4.78 is 15.6. The largest absolute Gasteiger partial charge is 0.476 e. The fraction of sp³-hybridized carbons (Fsp3) is 0.188. The Bertz CT molecular complexity index is 939. The second kappa shape index (κ2) is 6.40. The van der Waals surface area contributed by atoms with Crippen molar-refractivity contribution in [3.63, 3.8) is 0 Å². The van der Waals surface area contributed by atoms with Gasteiger partial charge in [0.15, 0.2) is 5.69 Å². The average Bonchev–Trinajstić information content (AvgIpc) is 3.14. The van der Waals surface area contributed by atoms with E-state index >= 15 is 0 Å². The van der Waals surface area contributed by atoms with Crippen molar-refractivity contribution in [3.05, 3.63) is 51.2 Å². The molecule has 1 N–H and O–H groups in total. The van der Waals surface area contributed by atoms with Crippen LogP contribution >= 0.6 is 34.5 Å². The van der Waals surface area contributed by atoms with Crippen molar-refractivity contribution in [3.8, 4) is 16.3 Å². The average molecular weight is 400 g/mol. The number of carbonyl (C=O) groups is 1. The van der Waals surface area contributed by atoms with Gasteiger partial charge in [-0.25, -0.2) is 18.9 Å². The highest BCUT2D eigenvalue weighted by atomic mass is 35.5. The molecule has 0 spiro atoms. The zero-order chi connectivity index (χ0) is 18.4. The van der Waals surface area contributed by atoms with Crippen molar-refractivity contribution in [2.24, 2.45) is 0 Å². The Labute approximate surface area is 156 Å². The molecule has 3 aromatic rings. The molecule has 2 aromatic heterocycles. The van der Waals surface area contributed by atoms with Crippen molar-refractivity contribution in [2.75, 3.05) is 0 Å². The van der Waals surface area contributed by atoms with Crippen LogP contribution in [0.1, 0.15) is 29.9 Å². The van der Waals surface area contributed by atoms with Crippen LogP contribution in [0.2, 0.25) is 10.0 Å². The Morgan fingerprint density at radius 3 is 2.48 bits per heavy atom. The third-order valence-electron chi connectivity index (χ3n) is 3.49. The quantitative estimate of drug-likeness (QED) is 0.653. The lowest BCUT2D eigenvalue weighted by molar-refractivity contribution is 0.0691. The van der Waals surface area contributed by atoms with E-state index in [0.29, 0.717) is 21.8 Å². The van der Waals surface area contributed by atoms with Gasteiger partial charge in [-0.05, 0) is 31.5 Å². The van der Waals surface area contributed by atoms with E-state index in [2.05, 4.69) is 10.1 Å². The van der Waals surface area contributed by atoms with E-state index < -0.39 is 11.6 Å². The molecule has 9 heteroatoms. The first-order valence-corrected chi connectivity index (χ1v) is 8.73. The molecule has 0 fully saturated rings. The number of carboxylic acids is 1. The van der Waals surface area contributed by atoms with E-state index in [1.807, 2.05) is 0 Å². The van der Waals surface area contributed by atoms with Gasteiger partial charge >= 0.3 is 5.97 Å². The molecule has 130 valence electrons. The zero-order valence-electron chi connectivity index (χ0n) is 13.1. The maximum absolute atomic E-state index is 14.1. The Morgan fingerprint density at radius 2 is 1.96 bits per heavy atom. The molecule has 0 bridgehead atoms. The molecular formula is C16H12Cl2FN3O2S. The number of carboxylic acid groups (broad SMARTS) is 1. The first kappa shape index (κ1) is 17.8. The number of hydrogen-bond acceptors (Lipinski definition) is 4. The van der Waals surface area contributed by atoms with E-state index in [9.17, 15) is 9.18 Å². The maximum atomic E-state index is 14.1. The lowest BCUT2D eigenvalue weighted by Gasteiger charge is -2.17. The van der Waals surface area contributed by atoms with Crippen LogP contribution in [0.25, 0.3) is 16.3 Å². The first-order chi connectivity index (χ1) is 11.7. The molecular weight excluding hydrogens is 388 g/mol. The van der Waals surface area contributed by atoms with E-state index in [1.165, 1.54) is 53.6 Å². The van der Waals surface area contributed by atoms with E-state index in [1.54, 1.807) is 6.20 Å². The highest BCUT2D eigenvalue weighted by molar-refractivity contribution is 7.13. The molecule has 0 unspecified atom stereocenters. The van der Waals surface area contributed by atoms with Gasteiger partial charge in [0.1, 0.15) is 16.4 Å². The number of nitrogens with zero attached hydrogens (tertiary/aromatic N) is 3. The fourth-order valence-corrected chi connectivity index (χ4v) is 3.62. The summed E-state index contributed by atoms with van der Waals surface area (Å²) in [7, 11) is 0. The number of halogens is 3. The zero-order valence-corrected chi connectivity index (χ0v) is 15.5. The van der Waals surface area contributed by atoms with E-state index in [4.69, 9.17) is 28.3 Å². The maximum Gasteiger partial charge on any atom is 0.355 e. The van der Waals surface area contributed by atoms with Crippen LogP contribution in [0.5, 0.6) is 0 Å². The molecule has 0 aliphatic carbocycles. The fourth-order valence-electron chi connectivity index (χ4n) is 2.19. The van der Waals surface area contributed by atoms with Crippen LogP contribution in [0.4, 0.5) is 4.39 Å². The summed E-state index contributed by atoms with van der Waals surface area (Å²) in [5.74, 6) is -1.09. The van der Waals surface area contributed by atoms with Crippen molar-refractivity contribution >= 4 is 40.5 Å². The van der Waals surface area contributed by atoms with Gasteiger partial charge in [-0.2, -0.15) is 5.10 Å². The van der Waals surface area contributed by atoms with Crippen molar-refractivity contribution in [1.82, 2.24) is 14.8 Å². The van der Waals surface area contributed by atoms with Gasteiger partial charge in [0.2, 0.25) is 0 Å². The summed E-state index contributed by atoms with van der Waals surface area (Å²) in [6.45, 7) is 2.84. The SMILES string of the molecule is CC(C)(F)c1cc(Cl)c(-n2cc(-c3nc(C(=O)O)cs3)cn2)c(Cl)c1. The van der Waals surface area contributed by atoms with Crippen molar-refractivity contribution < 1.29 is 14.3 Å². The van der Waals surface area contributed by atoms with Crippen LogP contribution in [0.3, 0.4) is 0 Å². The van der Waals surface area contributed by atoms with Crippen LogP contribution in [0.15, 0.2) is 29.9 Å². The normalized spacial score (nSPS) is 11.7. The molecule has 5 nitrogen and oxygen atoms in total.